The maximum absolute atomic E-state index is 15.0. The molecule has 0 radical (unpaired) electrons. The first-order valence-electron chi connectivity index (χ1n) is 12.4. The molecule has 0 spiro atoms. The molecular formula is C25H34FN7O2. The lowest BCUT2D eigenvalue weighted by atomic mass is 10.1. The maximum atomic E-state index is 15.0. The molecule has 188 valence electrons. The van der Waals surface area contributed by atoms with E-state index in [0.717, 1.165) is 69.5 Å². The van der Waals surface area contributed by atoms with Crippen molar-refractivity contribution in [1.82, 2.24) is 20.6 Å². The van der Waals surface area contributed by atoms with Gasteiger partial charge >= 0.3 is 0 Å². The molecule has 1 aliphatic heterocycles. The number of carbonyl (C=O) groups is 2. The van der Waals surface area contributed by atoms with Crippen molar-refractivity contribution in [3.8, 4) is 0 Å². The number of nitrogens with zero attached hydrogens (tertiary/aromatic N) is 4. The second-order valence-corrected chi connectivity index (χ2v) is 9.11. The summed E-state index contributed by atoms with van der Waals surface area (Å²) in [6.07, 6.45) is 7.85. The molecule has 1 saturated heterocycles. The Morgan fingerprint density at radius 2 is 2.06 bits per heavy atom. The number of aromatic nitrogens is 2. The van der Waals surface area contributed by atoms with Crippen LogP contribution >= 0.6 is 0 Å². The number of rotatable bonds is 10. The number of hydrogen-bond acceptors (Lipinski definition) is 7. The van der Waals surface area contributed by atoms with Crippen LogP contribution in [-0.2, 0) is 16.0 Å². The molecule has 35 heavy (non-hydrogen) atoms. The van der Waals surface area contributed by atoms with Crippen LogP contribution in [0.2, 0.25) is 0 Å². The van der Waals surface area contributed by atoms with Crippen LogP contribution in [0, 0.1) is 5.82 Å². The Bertz CT molecular complexity index is 1020. The van der Waals surface area contributed by atoms with E-state index in [1.54, 1.807) is 17.2 Å². The second kappa shape index (κ2) is 11.9. The Morgan fingerprint density at radius 3 is 2.74 bits per heavy atom. The summed E-state index contributed by atoms with van der Waals surface area (Å²) in [6, 6.07) is 5.22. The van der Waals surface area contributed by atoms with Crippen molar-refractivity contribution in [2.24, 2.45) is 0 Å². The molecule has 4 rings (SSSR count). The highest BCUT2D eigenvalue weighted by atomic mass is 19.1. The predicted octanol–water partition coefficient (Wildman–Crippen LogP) is 2.74. The molecule has 2 heterocycles. The number of carbonyl (C=O) groups excluding carboxylic acids is 2. The molecule has 0 bridgehead atoms. The minimum atomic E-state index is -0.381. The van der Waals surface area contributed by atoms with Gasteiger partial charge < -0.3 is 20.9 Å². The fourth-order valence-electron chi connectivity index (χ4n) is 4.74. The standard InChI is InChI=1S/C25H34FN7O2/c1-18(35)28-10-4-5-19-16-29-25(31-24(19)33(17-34)20-6-2-3-7-20)30-23-9-8-21(15-22(23)26)32-13-11-27-12-14-32/h8-9,15-17,20,27H,2-7,10-14H2,1H3,(H,28,35)(H,29,30,31). The normalized spacial score (nSPS) is 16.2. The summed E-state index contributed by atoms with van der Waals surface area (Å²) in [7, 11) is 0. The van der Waals surface area contributed by atoms with Crippen LogP contribution in [0.3, 0.4) is 0 Å². The van der Waals surface area contributed by atoms with Crippen LogP contribution in [0.1, 0.15) is 44.6 Å². The van der Waals surface area contributed by atoms with E-state index in [9.17, 15) is 14.0 Å². The number of amides is 2. The third-order valence-electron chi connectivity index (χ3n) is 6.60. The van der Waals surface area contributed by atoms with E-state index in [2.05, 4.69) is 30.8 Å². The number of hydrogen-bond donors (Lipinski definition) is 3. The zero-order chi connectivity index (χ0) is 24.6. The van der Waals surface area contributed by atoms with Crippen molar-refractivity contribution < 1.29 is 14.0 Å². The lowest BCUT2D eigenvalue weighted by molar-refractivity contribution is -0.119. The van der Waals surface area contributed by atoms with Crippen LogP contribution in [0.4, 0.5) is 27.5 Å². The van der Waals surface area contributed by atoms with Gasteiger partial charge in [0.25, 0.3) is 0 Å². The van der Waals surface area contributed by atoms with Gasteiger partial charge in [-0.05, 0) is 43.9 Å². The Hall–Kier alpha value is -3.27. The molecule has 1 aromatic heterocycles. The van der Waals surface area contributed by atoms with Gasteiger partial charge in [-0.15, -0.1) is 0 Å². The van der Waals surface area contributed by atoms with E-state index < -0.39 is 0 Å². The molecule has 3 N–H and O–H groups in total. The Balaban J connectivity index is 1.54. The summed E-state index contributed by atoms with van der Waals surface area (Å²) in [4.78, 5) is 36.2. The Labute approximate surface area is 205 Å². The predicted molar refractivity (Wildman–Crippen MR) is 135 cm³/mol. The van der Waals surface area contributed by atoms with Crippen LogP contribution < -0.4 is 25.8 Å². The van der Waals surface area contributed by atoms with E-state index in [1.807, 2.05) is 6.07 Å². The molecule has 1 saturated carbocycles. The number of benzene rings is 1. The molecular weight excluding hydrogens is 449 g/mol. The van der Waals surface area contributed by atoms with E-state index in [0.29, 0.717) is 25.2 Å². The van der Waals surface area contributed by atoms with Gasteiger partial charge in [0.15, 0.2) is 0 Å². The largest absolute Gasteiger partial charge is 0.369 e. The van der Waals surface area contributed by atoms with Gasteiger partial charge in [0.2, 0.25) is 18.3 Å². The topological polar surface area (TPSA) is 102 Å². The monoisotopic (exact) mass is 483 g/mol. The van der Waals surface area contributed by atoms with E-state index in [4.69, 9.17) is 0 Å². The summed E-state index contributed by atoms with van der Waals surface area (Å²) >= 11 is 0. The van der Waals surface area contributed by atoms with Gasteiger partial charge in [-0.1, -0.05) is 12.8 Å². The third-order valence-corrected chi connectivity index (χ3v) is 6.60. The van der Waals surface area contributed by atoms with Gasteiger partial charge in [0, 0.05) is 63.1 Å². The summed E-state index contributed by atoms with van der Waals surface area (Å²) in [5, 5.41) is 9.08. The number of aryl methyl sites for hydroxylation is 1. The van der Waals surface area contributed by atoms with Crippen molar-refractivity contribution >= 4 is 35.5 Å². The minimum Gasteiger partial charge on any atom is -0.369 e. The summed E-state index contributed by atoms with van der Waals surface area (Å²) in [5.74, 6) is 0.328. The Morgan fingerprint density at radius 1 is 1.29 bits per heavy atom. The van der Waals surface area contributed by atoms with Crippen LogP contribution in [-0.4, -0.2) is 61.1 Å². The van der Waals surface area contributed by atoms with E-state index in [-0.39, 0.29) is 29.4 Å². The van der Waals surface area contributed by atoms with E-state index in [1.165, 1.54) is 13.0 Å². The fraction of sp³-hybridized carbons (Fsp3) is 0.520. The summed E-state index contributed by atoms with van der Waals surface area (Å²) < 4.78 is 15.0. The zero-order valence-corrected chi connectivity index (χ0v) is 20.2. The van der Waals surface area contributed by atoms with Gasteiger partial charge in [0.1, 0.15) is 11.6 Å². The smallest absolute Gasteiger partial charge is 0.229 e. The molecule has 2 aromatic rings. The minimum absolute atomic E-state index is 0.0773. The molecule has 1 aliphatic carbocycles. The maximum Gasteiger partial charge on any atom is 0.229 e. The molecule has 0 unspecified atom stereocenters. The molecule has 2 amide bonds. The second-order valence-electron chi connectivity index (χ2n) is 9.11. The van der Waals surface area contributed by atoms with Crippen LogP contribution in [0.25, 0.3) is 0 Å². The highest BCUT2D eigenvalue weighted by Gasteiger charge is 2.26. The Kier molecular flexibility index (Phi) is 8.46. The molecule has 9 nitrogen and oxygen atoms in total. The lowest BCUT2D eigenvalue weighted by Gasteiger charge is -2.29. The van der Waals surface area contributed by atoms with Crippen LogP contribution in [0.15, 0.2) is 24.4 Å². The third kappa shape index (κ3) is 6.45. The quantitative estimate of drug-likeness (QED) is 0.353. The lowest BCUT2D eigenvalue weighted by Crippen LogP contribution is -2.43. The van der Waals surface area contributed by atoms with E-state index >= 15 is 0 Å². The average molecular weight is 484 g/mol. The van der Waals surface area contributed by atoms with Gasteiger partial charge in [-0.3, -0.25) is 14.5 Å². The highest BCUT2D eigenvalue weighted by Crippen LogP contribution is 2.30. The summed E-state index contributed by atoms with van der Waals surface area (Å²) in [5.41, 5.74) is 1.96. The van der Waals surface area contributed by atoms with Gasteiger partial charge in [0.05, 0.1) is 5.69 Å². The number of halogens is 1. The molecule has 0 atom stereocenters. The first-order valence-corrected chi connectivity index (χ1v) is 12.4. The number of anilines is 4. The van der Waals surface area contributed by atoms with Crippen molar-refractivity contribution in [2.75, 3.05) is 47.8 Å². The highest BCUT2D eigenvalue weighted by molar-refractivity contribution is 5.76. The first-order chi connectivity index (χ1) is 17.0. The molecule has 10 heteroatoms. The van der Waals surface area contributed by atoms with Crippen molar-refractivity contribution in [3.05, 3.63) is 35.8 Å². The molecule has 2 fully saturated rings. The molecule has 2 aliphatic rings. The number of nitrogens with one attached hydrogen (secondary N) is 3. The summed E-state index contributed by atoms with van der Waals surface area (Å²) in [6.45, 7) is 5.45. The van der Waals surface area contributed by atoms with Gasteiger partial charge in [-0.2, -0.15) is 4.98 Å². The van der Waals surface area contributed by atoms with Gasteiger partial charge in [-0.25, -0.2) is 9.37 Å². The van der Waals surface area contributed by atoms with Crippen LogP contribution in [0.5, 0.6) is 0 Å². The van der Waals surface area contributed by atoms with Crippen molar-refractivity contribution in [2.45, 2.75) is 51.5 Å². The first kappa shape index (κ1) is 24.8. The SMILES string of the molecule is CC(=O)NCCCc1cnc(Nc2ccc(N3CCNCC3)cc2F)nc1N(C=O)C1CCCC1. The molecule has 1 aromatic carbocycles. The zero-order valence-electron chi connectivity index (χ0n) is 20.2. The van der Waals surface area contributed by atoms with Crippen molar-refractivity contribution in [1.29, 1.82) is 0 Å². The number of piperazine rings is 1. The fourth-order valence-corrected chi connectivity index (χ4v) is 4.74. The average Bonchev–Trinajstić information content (AvgIpc) is 3.39. The van der Waals surface area contributed by atoms with Crippen molar-refractivity contribution in [3.63, 3.8) is 0 Å².